The van der Waals surface area contributed by atoms with Gasteiger partial charge in [0.1, 0.15) is 12.4 Å². The van der Waals surface area contributed by atoms with E-state index in [1.165, 1.54) is 69.2 Å². The standard InChI is InChI=1S/C22H35N2/c1-3-5-7-8-9-14-18-24-20-19-23(17-13-6-4-2)22(24)21-15-11-10-12-16-21/h10-12,15-16,19-20H,3-9,13-14,17-18H2,1-2H3/q+1. The van der Waals surface area contributed by atoms with E-state index >= 15 is 0 Å². The number of imidazole rings is 1. The van der Waals surface area contributed by atoms with E-state index in [2.05, 4.69) is 65.7 Å². The maximum atomic E-state index is 2.46. The third-order valence-corrected chi connectivity index (χ3v) is 4.76. The first-order valence-electron chi connectivity index (χ1n) is 10.0. The van der Waals surface area contributed by atoms with Crippen molar-refractivity contribution in [2.24, 2.45) is 0 Å². The second-order valence-electron chi connectivity index (χ2n) is 6.85. The van der Waals surface area contributed by atoms with Gasteiger partial charge in [0.25, 0.3) is 5.82 Å². The summed E-state index contributed by atoms with van der Waals surface area (Å²) in [4.78, 5) is 0. The van der Waals surface area contributed by atoms with E-state index in [1.54, 1.807) is 0 Å². The predicted octanol–water partition coefficient (Wildman–Crippen LogP) is 5.99. The predicted molar refractivity (Wildman–Crippen MR) is 103 cm³/mol. The van der Waals surface area contributed by atoms with Gasteiger partial charge in [0.15, 0.2) is 0 Å². The minimum Gasteiger partial charge on any atom is -0.230 e. The number of hydrogen-bond acceptors (Lipinski definition) is 0. The number of benzene rings is 1. The molecule has 1 heterocycles. The third kappa shape index (κ3) is 5.81. The Labute approximate surface area is 148 Å². The molecule has 1 aromatic heterocycles. The Bertz CT molecular complexity index is 557. The molecular weight excluding hydrogens is 292 g/mol. The molecule has 0 radical (unpaired) electrons. The van der Waals surface area contributed by atoms with Gasteiger partial charge in [-0.05, 0) is 37.8 Å². The average molecular weight is 328 g/mol. The monoisotopic (exact) mass is 327 g/mol. The Kier molecular flexibility index (Phi) is 8.65. The van der Waals surface area contributed by atoms with Crippen molar-refractivity contribution < 1.29 is 4.57 Å². The molecule has 2 rings (SSSR count). The quantitative estimate of drug-likeness (QED) is 0.334. The zero-order chi connectivity index (χ0) is 17.0. The van der Waals surface area contributed by atoms with Crippen molar-refractivity contribution >= 4 is 0 Å². The van der Waals surface area contributed by atoms with Gasteiger partial charge in [0, 0.05) is 0 Å². The lowest BCUT2D eigenvalue weighted by atomic mass is 10.1. The van der Waals surface area contributed by atoms with Crippen LogP contribution < -0.4 is 4.57 Å². The first-order valence-corrected chi connectivity index (χ1v) is 10.0. The summed E-state index contributed by atoms with van der Waals surface area (Å²) < 4.78 is 4.91. The third-order valence-electron chi connectivity index (χ3n) is 4.76. The molecule has 0 atom stereocenters. The Hall–Kier alpha value is -1.57. The molecule has 2 heteroatoms. The fraction of sp³-hybridized carbons (Fsp3) is 0.591. The molecule has 132 valence electrons. The maximum Gasteiger partial charge on any atom is 0.288 e. The van der Waals surface area contributed by atoms with Crippen LogP contribution in [0.1, 0.15) is 71.6 Å². The highest BCUT2D eigenvalue weighted by molar-refractivity contribution is 5.52. The van der Waals surface area contributed by atoms with Crippen molar-refractivity contribution in [1.82, 2.24) is 4.57 Å². The summed E-state index contributed by atoms with van der Waals surface area (Å²) in [5.41, 5.74) is 1.34. The van der Waals surface area contributed by atoms with Crippen LogP contribution in [0.2, 0.25) is 0 Å². The highest BCUT2D eigenvalue weighted by atomic mass is 15.1. The summed E-state index contributed by atoms with van der Waals surface area (Å²) in [5.74, 6) is 1.38. The molecule has 0 aliphatic rings. The minimum atomic E-state index is 1.13. The van der Waals surface area contributed by atoms with Gasteiger partial charge in [0.05, 0.1) is 18.7 Å². The van der Waals surface area contributed by atoms with E-state index in [9.17, 15) is 0 Å². The largest absolute Gasteiger partial charge is 0.288 e. The molecule has 0 fully saturated rings. The fourth-order valence-electron chi connectivity index (χ4n) is 3.34. The van der Waals surface area contributed by atoms with Crippen LogP contribution in [0.3, 0.4) is 0 Å². The summed E-state index contributed by atoms with van der Waals surface area (Å²) in [6.45, 7) is 6.81. The number of hydrogen-bond donors (Lipinski definition) is 0. The summed E-state index contributed by atoms with van der Waals surface area (Å²) in [7, 11) is 0. The minimum absolute atomic E-state index is 1.13. The first-order chi connectivity index (χ1) is 11.9. The van der Waals surface area contributed by atoms with Gasteiger partial charge in [-0.3, -0.25) is 0 Å². The Morgan fingerprint density at radius 2 is 1.46 bits per heavy atom. The second-order valence-corrected chi connectivity index (χ2v) is 6.85. The number of nitrogens with zero attached hydrogens (tertiary/aromatic N) is 2. The number of aryl methyl sites for hydroxylation is 2. The molecule has 0 spiro atoms. The lowest BCUT2D eigenvalue weighted by molar-refractivity contribution is -0.686. The lowest BCUT2D eigenvalue weighted by Gasteiger charge is -2.06. The summed E-state index contributed by atoms with van der Waals surface area (Å²) in [6.07, 6.45) is 16.5. The van der Waals surface area contributed by atoms with Gasteiger partial charge in [0.2, 0.25) is 0 Å². The van der Waals surface area contributed by atoms with Crippen LogP contribution in [0.4, 0.5) is 0 Å². The average Bonchev–Trinajstić information content (AvgIpc) is 3.02. The highest BCUT2D eigenvalue weighted by Crippen LogP contribution is 2.17. The molecular formula is C22H35N2+. The SMILES string of the molecule is CCCCCCCCn1cc[n+](CCCCC)c1-c1ccccc1. The molecule has 0 N–H and O–H groups in total. The van der Waals surface area contributed by atoms with Crippen molar-refractivity contribution in [3.05, 3.63) is 42.7 Å². The zero-order valence-corrected chi connectivity index (χ0v) is 15.7. The normalized spacial score (nSPS) is 11.1. The van der Waals surface area contributed by atoms with E-state index in [1.807, 2.05) is 0 Å². The first kappa shape index (κ1) is 18.8. The van der Waals surface area contributed by atoms with Crippen LogP contribution >= 0.6 is 0 Å². The Balaban J connectivity index is 2.01. The number of unbranched alkanes of at least 4 members (excludes halogenated alkanes) is 7. The maximum absolute atomic E-state index is 2.46. The second kappa shape index (κ2) is 11.1. The molecule has 0 unspecified atom stereocenters. The molecule has 2 aromatic rings. The van der Waals surface area contributed by atoms with Gasteiger partial charge < -0.3 is 0 Å². The van der Waals surface area contributed by atoms with Crippen molar-refractivity contribution in [2.45, 2.75) is 84.7 Å². The van der Waals surface area contributed by atoms with Crippen molar-refractivity contribution in [1.29, 1.82) is 0 Å². The number of aromatic nitrogens is 2. The van der Waals surface area contributed by atoms with Gasteiger partial charge in [-0.1, -0.05) is 64.2 Å². The van der Waals surface area contributed by atoms with E-state index in [0.29, 0.717) is 0 Å². The van der Waals surface area contributed by atoms with Crippen LogP contribution in [0.15, 0.2) is 42.7 Å². The van der Waals surface area contributed by atoms with Gasteiger partial charge in [-0.25, -0.2) is 9.13 Å². The van der Waals surface area contributed by atoms with E-state index in [0.717, 1.165) is 13.1 Å². The lowest BCUT2D eigenvalue weighted by Crippen LogP contribution is -2.34. The smallest absolute Gasteiger partial charge is 0.230 e. The van der Waals surface area contributed by atoms with Gasteiger partial charge in [-0.15, -0.1) is 0 Å². The molecule has 0 bridgehead atoms. The summed E-state index contributed by atoms with van der Waals surface area (Å²) in [6, 6.07) is 10.9. The molecule has 24 heavy (non-hydrogen) atoms. The van der Waals surface area contributed by atoms with Gasteiger partial charge >= 0.3 is 0 Å². The van der Waals surface area contributed by atoms with Crippen LogP contribution in [-0.2, 0) is 13.1 Å². The van der Waals surface area contributed by atoms with Crippen molar-refractivity contribution in [3.63, 3.8) is 0 Å². The van der Waals surface area contributed by atoms with E-state index in [4.69, 9.17) is 0 Å². The van der Waals surface area contributed by atoms with Crippen molar-refractivity contribution in [2.75, 3.05) is 0 Å². The summed E-state index contributed by atoms with van der Waals surface area (Å²) in [5, 5.41) is 0. The Morgan fingerprint density at radius 3 is 2.21 bits per heavy atom. The topological polar surface area (TPSA) is 8.81 Å². The van der Waals surface area contributed by atoms with Crippen molar-refractivity contribution in [3.8, 4) is 11.4 Å². The van der Waals surface area contributed by atoms with Crippen LogP contribution in [-0.4, -0.2) is 4.57 Å². The molecule has 0 saturated carbocycles. The van der Waals surface area contributed by atoms with Gasteiger partial charge in [-0.2, -0.15) is 0 Å². The van der Waals surface area contributed by atoms with Crippen LogP contribution in [0.5, 0.6) is 0 Å². The van der Waals surface area contributed by atoms with E-state index < -0.39 is 0 Å². The molecule has 0 amide bonds. The zero-order valence-electron chi connectivity index (χ0n) is 15.7. The number of rotatable bonds is 12. The molecule has 0 aliphatic carbocycles. The molecule has 0 saturated heterocycles. The molecule has 1 aromatic carbocycles. The summed E-state index contributed by atoms with van der Waals surface area (Å²) >= 11 is 0. The highest BCUT2D eigenvalue weighted by Gasteiger charge is 2.18. The fourth-order valence-corrected chi connectivity index (χ4v) is 3.34. The Morgan fingerprint density at radius 1 is 0.792 bits per heavy atom. The van der Waals surface area contributed by atoms with Crippen LogP contribution in [0, 0.1) is 0 Å². The van der Waals surface area contributed by atoms with E-state index in [-0.39, 0.29) is 0 Å². The van der Waals surface area contributed by atoms with Crippen LogP contribution in [0.25, 0.3) is 11.4 Å². The molecule has 2 nitrogen and oxygen atoms in total. The molecule has 0 aliphatic heterocycles.